The summed E-state index contributed by atoms with van der Waals surface area (Å²) in [6, 6.07) is 6.00. The third-order valence-electron chi connectivity index (χ3n) is 2.55. The Morgan fingerprint density at radius 1 is 1.47 bits per heavy atom. The van der Waals surface area contributed by atoms with Gasteiger partial charge in [-0.1, -0.05) is 0 Å². The van der Waals surface area contributed by atoms with Crippen LogP contribution in [0.15, 0.2) is 18.2 Å². The molecule has 0 spiro atoms. The average Bonchev–Trinajstić information content (AvgIpc) is 2.51. The molecule has 0 bridgehead atoms. The largest absolute Gasteiger partial charge is 0.350 e. The molecule has 0 unspecified atom stereocenters. The Labute approximate surface area is 130 Å². The molecule has 0 saturated carbocycles. The smallest absolute Gasteiger partial charge is 0.240 e. The van der Waals surface area contributed by atoms with Gasteiger partial charge < -0.3 is 14.9 Å². The minimum atomic E-state index is -0.235. The van der Waals surface area contributed by atoms with Crippen LogP contribution in [0.25, 0.3) is 11.0 Å². The van der Waals surface area contributed by atoms with Gasteiger partial charge in [0.05, 0.1) is 11.0 Å². The van der Waals surface area contributed by atoms with Crippen molar-refractivity contribution in [2.75, 3.05) is 0 Å². The lowest BCUT2D eigenvalue weighted by Crippen LogP contribution is -2.42. The molecule has 4 nitrogen and oxygen atoms in total. The van der Waals surface area contributed by atoms with Crippen LogP contribution in [0.2, 0.25) is 0 Å². The quantitative estimate of drug-likeness (QED) is 0.612. The first kappa shape index (κ1) is 14.5. The monoisotopic (exact) mass is 389 g/mol. The Morgan fingerprint density at radius 3 is 2.79 bits per heavy atom. The summed E-state index contributed by atoms with van der Waals surface area (Å²) in [6.07, 6.45) is 0. The molecule has 1 heterocycles. The van der Waals surface area contributed by atoms with Gasteiger partial charge in [0.1, 0.15) is 6.54 Å². The number of amides is 1. The second-order valence-corrected chi connectivity index (χ2v) is 7.11. The standard InChI is InChI=1S/C13H16IN3OS/c1-13(2,3)16-11(18)7-17-10-5-4-8(14)6-9(10)15-12(17)19/h4-6H,7H2,1-3H3,(H,15,19)(H,16,18). The van der Waals surface area contributed by atoms with E-state index in [2.05, 4.69) is 32.9 Å². The minimum Gasteiger partial charge on any atom is -0.350 e. The third-order valence-corrected chi connectivity index (χ3v) is 3.55. The molecule has 2 aromatic rings. The summed E-state index contributed by atoms with van der Waals surface area (Å²) in [5, 5.41) is 2.94. The van der Waals surface area contributed by atoms with Gasteiger partial charge in [-0.25, -0.2) is 0 Å². The maximum Gasteiger partial charge on any atom is 0.240 e. The summed E-state index contributed by atoms with van der Waals surface area (Å²) in [5.41, 5.74) is 1.68. The Balaban J connectivity index is 2.33. The van der Waals surface area contributed by atoms with Crippen LogP contribution in [0.4, 0.5) is 0 Å². The first-order valence-corrected chi connectivity index (χ1v) is 7.44. The molecule has 0 aliphatic heterocycles. The molecule has 0 radical (unpaired) electrons. The SMILES string of the molecule is CC(C)(C)NC(=O)Cn1c(=S)[nH]c2cc(I)ccc21. The van der Waals surface area contributed by atoms with E-state index in [9.17, 15) is 4.79 Å². The van der Waals surface area contributed by atoms with Crippen LogP contribution in [0.5, 0.6) is 0 Å². The molecule has 1 aromatic heterocycles. The number of H-pyrrole nitrogens is 1. The summed E-state index contributed by atoms with van der Waals surface area (Å²) < 4.78 is 3.52. The van der Waals surface area contributed by atoms with Gasteiger partial charge in [0.25, 0.3) is 0 Å². The predicted octanol–water partition coefficient (Wildman–Crippen LogP) is 3.22. The highest BCUT2D eigenvalue weighted by Gasteiger charge is 2.15. The average molecular weight is 389 g/mol. The van der Waals surface area contributed by atoms with Crippen molar-refractivity contribution in [1.29, 1.82) is 0 Å². The fraction of sp³-hybridized carbons (Fsp3) is 0.385. The Hall–Kier alpha value is -0.890. The van der Waals surface area contributed by atoms with Gasteiger partial charge in [-0.3, -0.25) is 4.79 Å². The van der Waals surface area contributed by atoms with Crippen LogP contribution in [0, 0.1) is 8.34 Å². The van der Waals surface area contributed by atoms with Crippen LogP contribution in [0.3, 0.4) is 0 Å². The predicted molar refractivity (Wildman–Crippen MR) is 87.7 cm³/mol. The number of halogens is 1. The second-order valence-electron chi connectivity index (χ2n) is 5.48. The van der Waals surface area contributed by atoms with E-state index >= 15 is 0 Å². The number of hydrogen-bond donors (Lipinski definition) is 2. The topological polar surface area (TPSA) is 49.8 Å². The normalized spacial score (nSPS) is 11.8. The number of hydrogen-bond acceptors (Lipinski definition) is 2. The summed E-state index contributed by atoms with van der Waals surface area (Å²) in [5.74, 6) is -0.0388. The molecule has 2 rings (SSSR count). The highest BCUT2D eigenvalue weighted by atomic mass is 127. The summed E-state index contributed by atoms with van der Waals surface area (Å²) in [7, 11) is 0. The van der Waals surface area contributed by atoms with Crippen LogP contribution >= 0.6 is 34.8 Å². The zero-order valence-corrected chi connectivity index (χ0v) is 14.1. The van der Waals surface area contributed by atoms with Crippen LogP contribution < -0.4 is 5.32 Å². The molecule has 2 N–H and O–H groups in total. The summed E-state index contributed by atoms with van der Waals surface area (Å²) >= 11 is 7.53. The van der Waals surface area contributed by atoms with Crippen molar-refractivity contribution in [2.45, 2.75) is 32.9 Å². The van der Waals surface area contributed by atoms with Gasteiger partial charge in [-0.15, -0.1) is 0 Å². The van der Waals surface area contributed by atoms with Gasteiger partial charge in [-0.05, 0) is 73.8 Å². The number of rotatable bonds is 2. The van der Waals surface area contributed by atoms with Gasteiger partial charge in [0, 0.05) is 9.11 Å². The number of carbonyl (C=O) groups is 1. The number of imidazole rings is 1. The lowest BCUT2D eigenvalue weighted by atomic mass is 10.1. The fourth-order valence-electron chi connectivity index (χ4n) is 1.89. The lowest BCUT2D eigenvalue weighted by Gasteiger charge is -2.20. The molecule has 102 valence electrons. The Kier molecular flexibility index (Phi) is 4.00. The fourth-order valence-corrected chi connectivity index (χ4v) is 2.66. The van der Waals surface area contributed by atoms with Crippen molar-refractivity contribution in [1.82, 2.24) is 14.9 Å². The van der Waals surface area contributed by atoms with Crippen molar-refractivity contribution < 1.29 is 4.79 Å². The lowest BCUT2D eigenvalue weighted by molar-refractivity contribution is -0.123. The molecule has 6 heteroatoms. The number of nitrogens with one attached hydrogen (secondary N) is 2. The molecule has 19 heavy (non-hydrogen) atoms. The Bertz CT molecular complexity index is 681. The maximum absolute atomic E-state index is 12.0. The van der Waals surface area contributed by atoms with Gasteiger partial charge in [-0.2, -0.15) is 0 Å². The zero-order chi connectivity index (χ0) is 14.2. The molecular weight excluding hydrogens is 373 g/mol. The van der Waals surface area contributed by atoms with Crippen LogP contribution in [-0.4, -0.2) is 21.0 Å². The number of carbonyl (C=O) groups excluding carboxylic acids is 1. The van der Waals surface area contributed by atoms with Crippen LogP contribution in [0.1, 0.15) is 20.8 Å². The molecule has 0 atom stereocenters. The first-order chi connectivity index (χ1) is 8.76. The van der Waals surface area contributed by atoms with E-state index < -0.39 is 0 Å². The van der Waals surface area contributed by atoms with E-state index in [0.29, 0.717) is 4.77 Å². The van der Waals surface area contributed by atoms with E-state index in [-0.39, 0.29) is 18.0 Å². The van der Waals surface area contributed by atoms with Crippen molar-refractivity contribution in [3.05, 3.63) is 26.5 Å². The van der Waals surface area contributed by atoms with E-state index in [1.807, 2.05) is 43.5 Å². The third kappa shape index (κ3) is 3.56. The van der Waals surface area contributed by atoms with Gasteiger partial charge in [0.2, 0.25) is 5.91 Å². The summed E-state index contributed by atoms with van der Waals surface area (Å²) in [4.78, 5) is 15.1. The molecule has 0 aliphatic carbocycles. The number of nitrogens with zero attached hydrogens (tertiary/aromatic N) is 1. The highest BCUT2D eigenvalue weighted by Crippen LogP contribution is 2.17. The number of aromatic amines is 1. The molecule has 0 saturated heterocycles. The summed E-state index contributed by atoms with van der Waals surface area (Å²) in [6.45, 7) is 6.11. The maximum atomic E-state index is 12.0. The number of aromatic nitrogens is 2. The zero-order valence-electron chi connectivity index (χ0n) is 11.1. The van der Waals surface area contributed by atoms with E-state index in [0.717, 1.165) is 14.6 Å². The van der Waals surface area contributed by atoms with Gasteiger partial charge >= 0.3 is 0 Å². The van der Waals surface area contributed by atoms with Crippen molar-refractivity contribution in [3.63, 3.8) is 0 Å². The minimum absolute atomic E-state index is 0.0388. The molecular formula is C13H16IN3OS. The number of benzene rings is 1. The van der Waals surface area contributed by atoms with Gasteiger partial charge in [0.15, 0.2) is 4.77 Å². The molecule has 1 amide bonds. The van der Waals surface area contributed by atoms with Crippen LogP contribution in [-0.2, 0) is 11.3 Å². The van der Waals surface area contributed by atoms with E-state index in [1.54, 1.807) is 0 Å². The molecule has 0 aliphatic rings. The van der Waals surface area contributed by atoms with Crippen molar-refractivity contribution >= 4 is 51.7 Å². The highest BCUT2D eigenvalue weighted by molar-refractivity contribution is 14.1. The first-order valence-electron chi connectivity index (χ1n) is 5.95. The Morgan fingerprint density at radius 2 is 2.16 bits per heavy atom. The van der Waals surface area contributed by atoms with E-state index in [4.69, 9.17) is 12.2 Å². The van der Waals surface area contributed by atoms with Crippen molar-refractivity contribution in [2.24, 2.45) is 0 Å². The molecule has 1 aromatic carbocycles. The van der Waals surface area contributed by atoms with Crippen molar-refractivity contribution in [3.8, 4) is 0 Å². The van der Waals surface area contributed by atoms with E-state index in [1.165, 1.54) is 0 Å². The second kappa shape index (κ2) is 5.24. The molecule has 0 fully saturated rings. The number of fused-ring (bicyclic) bond motifs is 1.